The molecule has 10 heteroatoms. The van der Waals surface area contributed by atoms with E-state index in [0.717, 1.165) is 34.0 Å². The predicted octanol–water partition coefficient (Wildman–Crippen LogP) is 4.06. The van der Waals surface area contributed by atoms with E-state index in [-0.39, 0.29) is 10.5 Å². The van der Waals surface area contributed by atoms with Gasteiger partial charge in [0.1, 0.15) is 10.8 Å². The van der Waals surface area contributed by atoms with Crippen molar-refractivity contribution in [1.82, 2.24) is 0 Å². The first-order chi connectivity index (χ1) is 16.6. The predicted molar refractivity (Wildman–Crippen MR) is 137 cm³/mol. The maximum absolute atomic E-state index is 13.2. The quantitative estimate of drug-likeness (QED) is 0.494. The van der Waals surface area contributed by atoms with Gasteiger partial charge in [-0.1, -0.05) is 19.1 Å². The molecule has 1 heterocycles. The van der Waals surface area contributed by atoms with Gasteiger partial charge in [-0.3, -0.25) is 13.9 Å². The van der Waals surface area contributed by atoms with E-state index in [0.29, 0.717) is 27.9 Å². The third kappa shape index (κ3) is 4.76. The molecule has 0 spiro atoms. The summed E-state index contributed by atoms with van der Waals surface area (Å²) in [6.45, 7) is 2.16. The molecule has 35 heavy (non-hydrogen) atoms. The Morgan fingerprint density at radius 3 is 2.49 bits per heavy atom. The summed E-state index contributed by atoms with van der Waals surface area (Å²) in [5.74, 6) is -0.0730. The van der Waals surface area contributed by atoms with Gasteiger partial charge < -0.3 is 15.8 Å². The van der Waals surface area contributed by atoms with Crippen molar-refractivity contribution in [3.63, 3.8) is 0 Å². The molecule has 0 saturated carbocycles. The number of fused-ring (bicyclic) bond motifs is 1. The number of sulfonamides is 1. The molecule has 0 radical (unpaired) electrons. The van der Waals surface area contributed by atoms with Gasteiger partial charge >= 0.3 is 0 Å². The largest absolute Gasteiger partial charge is 0.495 e. The number of para-hydroxylation sites is 2. The second kappa shape index (κ2) is 9.71. The Hall–Kier alpha value is -3.37. The number of hydrogen-bond donors (Lipinski definition) is 2. The molecule has 2 aromatic carbocycles. The summed E-state index contributed by atoms with van der Waals surface area (Å²) in [7, 11) is -0.973. The topological polar surface area (TPSA) is 119 Å². The van der Waals surface area contributed by atoms with Crippen LogP contribution in [0, 0.1) is 5.92 Å². The van der Waals surface area contributed by atoms with Crippen LogP contribution in [0.1, 0.15) is 44.5 Å². The van der Waals surface area contributed by atoms with E-state index in [4.69, 9.17) is 10.5 Å². The average Bonchev–Trinajstić information content (AvgIpc) is 3.20. The van der Waals surface area contributed by atoms with E-state index >= 15 is 0 Å². The Morgan fingerprint density at radius 2 is 1.83 bits per heavy atom. The summed E-state index contributed by atoms with van der Waals surface area (Å²) in [5.41, 5.74) is 7.60. The summed E-state index contributed by atoms with van der Waals surface area (Å²) < 4.78 is 32.7. The second-order valence-electron chi connectivity index (χ2n) is 8.54. The molecule has 4 rings (SSSR count). The monoisotopic (exact) mass is 513 g/mol. The summed E-state index contributed by atoms with van der Waals surface area (Å²) in [6.07, 6.45) is 2.58. The number of rotatable bonds is 7. The zero-order valence-electron chi connectivity index (χ0n) is 19.7. The number of carbonyl (C=O) groups is 2. The maximum Gasteiger partial charge on any atom is 0.264 e. The summed E-state index contributed by atoms with van der Waals surface area (Å²) in [5, 5.41) is 3.24. The normalized spacial score (nSPS) is 15.2. The highest BCUT2D eigenvalue weighted by Gasteiger charge is 2.28. The third-order valence-corrected chi connectivity index (χ3v) is 9.14. The molecule has 184 valence electrons. The van der Waals surface area contributed by atoms with E-state index in [2.05, 4.69) is 12.2 Å². The van der Waals surface area contributed by atoms with Crippen LogP contribution in [0.5, 0.6) is 5.75 Å². The number of thiophene rings is 1. The molecule has 3 aromatic rings. The van der Waals surface area contributed by atoms with Crippen LogP contribution in [0.3, 0.4) is 0 Å². The fourth-order valence-corrected chi connectivity index (χ4v) is 6.85. The van der Waals surface area contributed by atoms with Crippen molar-refractivity contribution in [2.24, 2.45) is 11.7 Å². The maximum atomic E-state index is 13.2. The van der Waals surface area contributed by atoms with Crippen LogP contribution in [-0.2, 0) is 22.9 Å². The molecule has 1 aliphatic rings. The van der Waals surface area contributed by atoms with Crippen LogP contribution in [0.15, 0.2) is 53.4 Å². The Balaban J connectivity index is 1.57. The SMILES string of the molecule is COc1ccccc1N(C)S(=O)(=O)c1ccc(C(=O)Nc2sc3c(c2C(N)=O)CC[C@H](C)C3)cc1. The first kappa shape index (κ1) is 24.7. The molecule has 1 aliphatic carbocycles. The Labute approximate surface area is 208 Å². The zero-order valence-corrected chi connectivity index (χ0v) is 21.3. The zero-order chi connectivity index (χ0) is 25.3. The van der Waals surface area contributed by atoms with Gasteiger partial charge in [0.15, 0.2) is 0 Å². The van der Waals surface area contributed by atoms with Gasteiger partial charge in [0, 0.05) is 17.5 Å². The number of nitrogens with one attached hydrogen (secondary N) is 1. The number of anilines is 2. The molecule has 0 aliphatic heterocycles. The van der Waals surface area contributed by atoms with Crippen molar-refractivity contribution >= 4 is 43.9 Å². The fourth-order valence-electron chi connectivity index (χ4n) is 4.23. The van der Waals surface area contributed by atoms with Crippen molar-refractivity contribution < 1.29 is 22.7 Å². The highest BCUT2D eigenvalue weighted by Crippen LogP contribution is 2.39. The van der Waals surface area contributed by atoms with Crippen molar-refractivity contribution in [2.75, 3.05) is 23.8 Å². The van der Waals surface area contributed by atoms with Crippen molar-refractivity contribution in [1.29, 1.82) is 0 Å². The van der Waals surface area contributed by atoms with Gasteiger partial charge in [-0.25, -0.2) is 8.42 Å². The Bertz CT molecular complexity index is 1380. The van der Waals surface area contributed by atoms with Crippen LogP contribution in [-0.4, -0.2) is 34.4 Å². The van der Waals surface area contributed by atoms with Gasteiger partial charge in [0.2, 0.25) is 0 Å². The lowest BCUT2D eigenvalue weighted by Gasteiger charge is -2.21. The van der Waals surface area contributed by atoms with Crippen LogP contribution in [0.2, 0.25) is 0 Å². The molecular formula is C25H27N3O5S2. The van der Waals surface area contributed by atoms with Crippen LogP contribution < -0.4 is 20.1 Å². The lowest BCUT2D eigenvalue weighted by molar-refractivity contribution is 0.1000. The minimum absolute atomic E-state index is 0.0286. The molecule has 0 fully saturated rings. The molecule has 1 atom stereocenters. The van der Waals surface area contributed by atoms with E-state index in [9.17, 15) is 18.0 Å². The second-order valence-corrected chi connectivity index (χ2v) is 11.6. The lowest BCUT2D eigenvalue weighted by atomic mass is 9.88. The minimum atomic E-state index is -3.89. The number of carbonyl (C=O) groups excluding carboxylic acids is 2. The smallest absolute Gasteiger partial charge is 0.264 e. The van der Waals surface area contributed by atoms with E-state index in [1.165, 1.54) is 49.8 Å². The molecule has 0 bridgehead atoms. The molecular weight excluding hydrogens is 486 g/mol. The molecule has 8 nitrogen and oxygen atoms in total. The number of methoxy groups -OCH3 is 1. The summed E-state index contributed by atoms with van der Waals surface area (Å²) >= 11 is 1.38. The van der Waals surface area contributed by atoms with Crippen molar-refractivity contribution in [3.8, 4) is 5.75 Å². The van der Waals surface area contributed by atoms with Crippen molar-refractivity contribution in [2.45, 2.75) is 31.1 Å². The number of primary amides is 1. The highest BCUT2D eigenvalue weighted by atomic mass is 32.2. The first-order valence-electron chi connectivity index (χ1n) is 11.1. The van der Waals surface area contributed by atoms with E-state index < -0.39 is 21.8 Å². The van der Waals surface area contributed by atoms with Crippen LogP contribution in [0.4, 0.5) is 10.7 Å². The Kier molecular flexibility index (Phi) is 6.86. The number of hydrogen-bond acceptors (Lipinski definition) is 6. The van der Waals surface area contributed by atoms with Crippen molar-refractivity contribution in [3.05, 3.63) is 70.1 Å². The summed E-state index contributed by atoms with van der Waals surface area (Å²) in [6, 6.07) is 12.5. The highest BCUT2D eigenvalue weighted by molar-refractivity contribution is 7.92. The van der Waals surface area contributed by atoms with Gasteiger partial charge in [0.25, 0.3) is 21.8 Å². The van der Waals surface area contributed by atoms with Gasteiger partial charge in [-0.2, -0.15) is 0 Å². The summed E-state index contributed by atoms with van der Waals surface area (Å²) in [4.78, 5) is 26.2. The Morgan fingerprint density at radius 1 is 1.14 bits per heavy atom. The molecule has 0 unspecified atom stereocenters. The third-order valence-electron chi connectivity index (χ3n) is 6.18. The molecule has 3 N–H and O–H groups in total. The van der Waals surface area contributed by atoms with Gasteiger partial charge in [-0.15, -0.1) is 11.3 Å². The fraction of sp³-hybridized carbons (Fsp3) is 0.280. The average molecular weight is 514 g/mol. The number of nitrogens with two attached hydrogens (primary N) is 1. The molecule has 0 saturated heterocycles. The van der Waals surface area contributed by atoms with Gasteiger partial charge in [-0.05, 0) is 67.1 Å². The number of amides is 2. The number of ether oxygens (including phenoxy) is 1. The van der Waals surface area contributed by atoms with E-state index in [1.807, 2.05) is 0 Å². The van der Waals surface area contributed by atoms with E-state index in [1.54, 1.807) is 24.3 Å². The number of nitrogens with zero attached hydrogens (tertiary/aromatic N) is 1. The van der Waals surface area contributed by atoms with Gasteiger partial charge in [0.05, 0.1) is 23.3 Å². The minimum Gasteiger partial charge on any atom is -0.495 e. The lowest BCUT2D eigenvalue weighted by Crippen LogP contribution is -2.27. The number of benzene rings is 2. The van der Waals surface area contributed by atoms with Crippen LogP contribution >= 0.6 is 11.3 Å². The van der Waals surface area contributed by atoms with Crippen LogP contribution in [0.25, 0.3) is 0 Å². The molecule has 2 amide bonds. The molecule has 1 aromatic heterocycles. The first-order valence-corrected chi connectivity index (χ1v) is 13.4. The standard InChI is InChI=1S/C25H27N3O5S2/c1-15-8-13-18-21(14-15)34-25(22(18)23(26)29)27-24(30)16-9-11-17(12-10-16)35(31,32)28(2)19-6-4-5-7-20(19)33-3/h4-7,9-12,15H,8,13-14H2,1-3H3,(H2,26,29)(H,27,30)/t15-/m0/s1.